The Hall–Kier alpha value is -4.10. The third-order valence-corrected chi connectivity index (χ3v) is 7.36. The van der Waals surface area contributed by atoms with Crippen molar-refractivity contribution in [3.8, 4) is 11.4 Å². The summed E-state index contributed by atoms with van der Waals surface area (Å²) in [5, 5.41) is 5.79. The molecule has 2 aliphatic heterocycles. The number of anilines is 1. The van der Waals surface area contributed by atoms with Gasteiger partial charge in [0.15, 0.2) is 5.82 Å². The van der Waals surface area contributed by atoms with Gasteiger partial charge in [-0.3, -0.25) is 9.59 Å². The Morgan fingerprint density at radius 1 is 1.02 bits per heavy atom. The smallest absolute Gasteiger partial charge is 0.417 e. The van der Waals surface area contributed by atoms with Gasteiger partial charge in [-0.2, -0.15) is 0 Å². The van der Waals surface area contributed by atoms with Crippen LogP contribution in [-0.2, 0) is 23.8 Å². The SMILES string of the molecule is CCOC1CCN(c2cc(C(=O)NC(CCC(=O)OC(C)(C)C)C(=O)OC(=O)N3CCNCC3)nc(-c3ccccc3)n2)CC1. The number of rotatable bonds is 10. The van der Waals surface area contributed by atoms with Crippen LogP contribution in [0.3, 0.4) is 0 Å². The van der Waals surface area contributed by atoms with Crippen molar-refractivity contribution in [1.82, 2.24) is 25.5 Å². The molecule has 1 aromatic heterocycles. The van der Waals surface area contributed by atoms with Gasteiger partial charge < -0.3 is 34.6 Å². The lowest BCUT2D eigenvalue weighted by molar-refractivity contribution is -0.155. The number of carbonyl (C=O) groups excluding carboxylic acids is 4. The van der Waals surface area contributed by atoms with Crippen molar-refractivity contribution < 1.29 is 33.4 Å². The Morgan fingerprint density at radius 3 is 2.36 bits per heavy atom. The maximum atomic E-state index is 13.7. The zero-order chi connectivity index (χ0) is 32.4. The van der Waals surface area contributed by atoms with Crippen LogP contribution < -0.4 is 15.5 Å². The van der Waals surface area contributed by atoms with Crippen LogP contribution in [0.5, 0.6) is 0 Å². The van der Waals surface area contributed by atoms with Gasteiger partial charge in [-0.1, -0.05) is 30.3 Å². The Balaban J connectivity index is 1.56. The monoisotopic (exact) mass is 624 g/mol. The Bertz CT molecular complexity index is 1320. The number of benzene rings is 1. The molecule has 13 heteroatoms. The molecule has 0 spiro atoms. The number of aromatic nitrogens is 2. The lowest BCUT2D eigenvalue weighted by atomic mass is 10.1. The van der Waals surface area contributed by atoms with E-state index >= 15 is 0 Å². The summed E-state index contributed by atoms with van der Waals surface area (Å²) in [6.45, 7) is 11.1. The number of esters is 2. The Morgan fingerprint density at radius 2 is 1.71 bits per heavy atom. The summed E-state index contributed by atoms with van der Waals surface area (Å²) in [7, 11) is 0. The van der Waals surface area contributed by atoms with Gasteiger partial charge in [0, 0.05) is 63.9 Å². The minimum atomic E-state index is -1.31. The molecule has 244 valence electrons. The minimum Gasteiger partial charge on any atom is -0.460 e. The fourth-order valence-electron chi connectivity index (χ4n) is 5.12. The lowest BCUT2D eigenvalue weighted by Gasteiger charge is -2.32. The third-order valence-electron chi connectivity index (χ3n) is 7.36. The highest BCUT2D eigenvalue weighted by Gasteiger charge is 2.30. The topological polar surface area (TPSA) is 152 Å². The number of nitrogens with zero attached hydrogens (tertiary/aromatic N) is 4. The van der Waals surface area contributed by atoms with Gasteiger partial charge in [-0.15, -0.1) is 0 Å². The standard InChI is InChI=1S/C32H44N6O7/c1-5-43-23-13-17-37(18-14-23)26-21-25(34-28(36-26)22-9-7-6-8-10-22)29(40)35-24(11-12-27(39)45-32(2,3)4)30(41)44-31(42)38-19-15-33-16-20-38/h6-10,21,23-24,33H,5,11-20H2,1-4H3,(H,35,40). The van der Waals surface area contributed by atoms with Crippen LogP contribution in [-0.4, -0.2) is 102 Å². The van der Waals surface area contributed by atoms with Gasteiger partial charge in [-0.05, 0) is 47.0 Å². The molecule has 2 N–H and O–H groups in total. The number of piperidine rings is 1. The van der Waals surface area contributed by atoms with Crippen molar-refractivity contribution in [1.29, 1.82) is 0 Å². The molecule has 1 unspecified atom stereocenters. The van der Waals surface area contributed by atoms with Crippen LogP contribution in [0, 0.1) is 0 Å². The highest BCUT2D eigenvalue weighted by atomic mass is 16.6. The average molecular weight is 625 g/mol. The average Bonchev–Trinajstić information content (AvgIpc) is 3.03. The summed E-state index contributed by atoms with van der Waals surface area (Å²) in [5.74, 6) is -1.25. The molecule has 13 nitrogen and oxygen atoms in total. The van der Waals surface area contributed by atoms with Crippen molar-refractivity contribution in [3.63, 3.8) is 0 Å². The van der Waals surface area contributed by atoms with E-state index in [0.29, 0.717) is 57.5 Å². The van der Waals surface area contributed by atoms with Gasteiger partial charge in [0.1, 0.15) is 23.2 Å². The van der Waals surface area contributed by atoms with Crippen LogP contribution in [0.25, 0.3) is 11.4 Å². The number of piperazine rings is 1. The van der Waals surface area contributed by atoms with Gasteiger partial charge in [-0.25, -0.2) is 19.6 Å². The minimum absolute atomic E-state index is 0.0364. The summed E-state index contributed by atoms with van der Waals surface area (Å²) in [6.07, 6.45) is 0.690. The van der Waals surface area contributed by atoms with E-state index in [9.17, 15) is 19.2 Å². The van der Waals surface area contributed by atoms with Gasteiger partial charge >= 0.3 is 18.0 Å². The van der Waals surface area contributed by atoms with Crippen LogP contribution in [0.15, 0.2) is 36.4 Å². The first-order chi connectivity index (χ1) is 21.5. The molecule has 3 heterocycles. The van der Waals surface area contributed by atoms with E-state index in [-0.39, 0.29) is 24.6 Å². The van der Waals surface area contributed by atoms with E-state index in [0.717, 1.165) is 18.4 Å². The summed E-state index contributed by atoms with van der Waals surface area (Å²) in [6, 6.07) is 9.58. The number of ether oxygens (including phenoxy) is 3. The largest absolute Gasteiger partial charge is 0.460 e. The second-order valence-corrected chi connectivity index (χ2v) is 12.0. The normalized spacial score (nSPS) is 16.5. The molecule has 1 aromatic carbocycles. The van der Waals surface area contributed by atoms with Crippen molar-refractivity contribution in [3.05, 3.63) is 42.1 Å². The molecule has 4 rings (SSSR count). The molecule has 0 aliphatic carbocycles. The van der Waals surface area contributed by atoms with Crippen LogP contribution >= 0.6 is 0 Å². The zero-order valence-electron chi connectivity index (χ0n) is 26.5. The summed E-state index contributed by atoms with van der Waals surface area (Å²) < 4.78 is 16.3. The first kappa shape index (κ1) is 33.8. The Labute approximate surface area is 264 Å². The predicted octanol–water partition coefficient (Wildman–Crippen LogP) is 2.94. The molecular formula is C32H44N6O7. The van der Waals surface area contributed by atoms with Crippen LogP contribution in [0.4, 0.5) is 10.6 Å². The molecule has 2 saturated heterocycles. The first-order valence-electron chi connectivity index (χ1n) is 15.6. The fraction of sp³-hybridized carbons (Fsp3) is 0.562. The molecular weight excluding hydrogens is 580 g/mol. The van der Waals surface area contributed by atoms with Crippen molar-refractivity contribution in [2.24, 2.45) is 0 Å². The van der Waals surface area contributed by atoms with Crippen molar-refractivity contribution >= 4 is 29.8 Å². The molecule has 0 radical (unpaired) electrons. The summed E-state index contributed by atoms with van der Waals surface area (Å²) >= 11 is 0. The molecule has 45 heavy (non-hydrogen) atoms. The molecule has 2 amide bonds. The second-order valence-electron chi connectivity index (χ2n) is 12.0. The molecule has 2 aromatic rings. The highest BCUT2D eigenvalue weighted by molar-refractivity contribution is 5.97. The quantitative estimate of drug-likeness (QED) is 0.296. The first-order valence-corrected chi connectivity index (χ1v) is 15.6. The number of carbonyl (C=O) groups is 4. The molecule has 0 bridgehead atoms. The van der Waals surface area contributed by atoms with E-state index in [1.165, 1.54) is 4.90 Å². The second kappa shape index (κ2) is 15.8. The lowest BCUT2D eigenvalue weighted by Crippen LogP contribution is -2.49. The van der Waals surface area contributed by atoms with Gasteiger partial charge in [0.25, 0.3) is 5.91 Å². The number of nitrogens with one attached hydrogen (secondary N) is 2. The highest BCUT2D eigenvalue weighted by Crippen LogP contribution is 2.24. The zero-order valence-corrected chi connectivity index (χ0v) is 26.5. The van der Waals surface area contributed by atoms with E-state index in [1.54, 1.807) is 26.8 Å². The van der Waals surface area contributed by atoms with Gasteiger partial charge in [0.2, 0.25) is 0 Å². The predicted molar refractivity (Wildman–Crippen MR) is 167 cm³/mol. The molecule has 1 atom stereocenters. The Kier molecular flexibility index (Phi) is 11.8. The number of hydrogen-bond donors (Lipinski definition) is 2. The van der Waals surface area contributed by atoms with E-state index < -0.39 is 35.6 Å². The maximum absolute atomic E-state index is 13.7. The molecule has 2 fully saturated rings. The van der Waals surface area contributed by atoms with Crippen molar-refractivity contribution in [2.75, 3.05) is 50.8 Å². The fourth-order valence-corrected chi connectivity index (χ4v) is 5.12. The number of hydrogen-bond acceptors (Lipinski definition) is 11. The van der Waals surface area contributed by atoms with E-state index in [4.69, 9.17) is 19.2 Å². The number of amides is 2. The molecule has 0 saturated carbocycles. The molecule has 2 aliphatic rings. The maximum Gasteiger partial charge on any atom is 0.417 e. The van der Waals surface area contributed by atoms with E-state index in [1.807, 2.05) is 37.3 Å². The third kappa shape index (κ3) is 10.2. The van der Waals surface area contributed by atoms with Crippen molar-refractivity contribution in [2.45, 2.75) is 71.1 Å². The van der Waals surface area contributed by atoms with Crippen LogP contribution in [0.2, 0.25) is 0 Å². The van der Waals surface area contributed by atoms with Gasteiger partial charge in [0.05, 0.1) is 6.10 Å². The van der Waals surface area contributed by atoms with E-state index in [2.05, 4.69) is 20.5 Å². The summed E-state index contributed by atoms with van der Waals surface area (Å²) in [4.78, 5) is 64.9. The van der Waals surface area contributed by atoms with Crippen LogP contribution in [0.1, 0.15) is 63.9 Å². The summed E-state index contributed by atoms with van der Waals surface area (Å²) in [5.41, 5.74) is 0.0334.